The Bertz CT molecular complexity index is 90.9. The van der Waals surface area contributed by atoms with Crippen LogP contribution in [0.3, 0.4) is 0 Å². The summed E-state index contributed by atoms with van der Waals surface area (Å²) in [4.78, 5) is 10.3. The van der Waals surface area contributed by atoms with E-state index in [2.05, 4.69) is 22.3 Å². The molecule has 1 rings (SSSR count). The van der Waals surface area contributed by atoms with Gasteiger partial charge in [-0.15, -0.1) is 0 Å². The van der Waals surface area contributed by atoms with Crippen LogP contribution in [0.5, 0.6) is 0 Å². The maximum Gasteiger partial charge on any atom is 0.261 e. The standard InChI is InChI=1S/C3H5NO2S/c5-3(4-7)2-1-6-2/h2,7H,1H2,(H,4,5). The summed E-state index contributed by atoms with van der Waals surface area (Å²) in [5, 5.41) is 0. The van der Waals surface area contributed by atoms with E-state index in [1.54, 1.807) is 0 Å². The molecule has 0 bridgehead atoms. The number of amides is 1. The van der Waals surface area contributed by atoms with Crippen molar-refractivity contribution in [2.24, 2.45) is 0 Å². The van der Waals surface area contributed by atoms with Crippen LogP contribution in [0.25, 0.3) is 0 Å². The molecule has 40 valence electrons. The van der Waals surface area contributed by atoms with Gasteiger partial charge in [-0.3, -0.25) is 4.79 Å². The zero-order chi connectivity index (χ0) is 5.28. The van der Waals surface area contributed by atoms with Gasteiger partial charge >= 0.3 is 0 Å². The maximum absolute atomic E-state index is 10.3. The predicted octanol–water partition coefficient (Wildman–Crippen LogP) is -0.654. The van der Waals surface area contributed by atoms with Gasteiger partial charge < -0.3 is 9.46 Å². The number of epoxide rings is 1. The third-order valence-electron chi connectivity index (χ3n) is 0.736. The van der Waals surface area contributed by atoms with Crippen LogP contribution in [0.2, 0.25) is 0 Å². The molecule has 1 fully saturated rings. The van der Waals surface area contributed by atoms with Crippen LogP contribution < -0.4 is 4.72 Å². The van der Waals surface area contributed by atoms with Gasteiger partial charge in [0, 0.05) is 0 Å². The van der Waals surface area contributed by atoms with Crippen LogP contribution in [0.4, 0.5) is 0 Å². The van der Waals surface area contributed by atoms with Crippen molar-refractivity contribution in [3.63, 3.8) is 0 Å². The molecule has 1 unspecified atom stereocenters. The third kappa shape index (κ3) is 1.07. The predicted molar refractivity (Wildman–Crippen MR) is 26.9 cm³/mol. The second-order valence-corrected chi connectivity index (χ2v) is 1.52. The van der Waals surface area contributed by atoms with Crippen LogP contribution >= 0.6 is 12.8 Å². The highest BCUT2D eigenvalue weighted by Crippen LogP contribution is 2.07. The van der Waals surface area contributed by atoms with Crippen LogP contribution in [0, 0.1) is 0 Å². The van der Waals surface area contributed by atoms with Crippen LogP contribution in [0.1, 0.15) is 0 Å². The van der Waals surface area contributed by atoms with Crippen molar-refractivity contribution in [1.29, 1.82) is 0 Å². The summed E-state index contributed by atoms with van der Waals surface area (Å²) in [6.07, 6.45) is -0.211. The normalized spacial score (nSPS) is 26.7. The molecule has 7 heavy (non-hydrogen) atoms. The van der Waals surface area contributed by atoms with Crippen LogP contribution in [0.15, 0.2) is 0 Å². The van der Waals surface area contributed by atoms with Crippen molar-refractivity contribution >= 4 is 18.7 Å². The monoisotopic (exact) mass is 119 g/mol. The Hall–Kier alpha value is -0.220. The molecule has 1 amide bonds. The molecular weight excluding hydrogens is 114 g/mol. The number of hydrogen-bond acceptors (Lipinski definition) is 3. The fraction of sp³-hybridized carbons (Fsp3) is 0.667. The zero-order valence-electron chi connectivity index (χ0n) is 3.55. The summed E-state index contributed by atoms with van der Waals surface area (Å²) in [7, 11) is 0. The molecule has 1 atom stereocenters. The molecule has 1 N–H and O–H groups in total. The molecule has 0 aromatic carbocycles. The lowest BCUT2D eigenvalue weighted by molar-refractivity contribution is -0.120. The number of hydrogen-bond donors (Lipinski definition) is 2. The molecule has 0 saturated carbocycles. The first-order valence-corrected chi connectivity index (χ1v) is 2.35. The van der Waals surface area contributed by atoms with Gasteiger partial charge in [0.2, 0.25) is 0 Å². The second-order valence-electron chi connectivity index (χ2n) is 1.30. The van der Waals surface area contributed by atoms with E-state index in [1.807, 2.05) is 0 Å². The lowest BCUT2D eigenvalue weighted by atomic mass is 10.5. The molecule has 1 saturated heterocycles. The fourth-order valence-electron chi connectivity index (χ4n) is 0.271. The van der Waals surface area contributed by atoms with Gasteiger partial charge in [-0.25, -0.2) is 0 Å². The first kappa shape index (κ1) is 4.93. The number of rotatable bonds is 1. The largest absolute Gasteiger partial charge is 0.363 e. The van der Waals surface area contributed by atoms with Crippen molar-refractivity contribution in [1.82, 2.24) is 4.72 Å². The zero-order valence-corrected chi connectivity index (χ0v) is 4.44. The average molecular weight is 119 g/mol. The lowest BCUT2D eigenvalue weighted by Gasteiger charge is -1.85. The topological polar surface area (TPSA) is 41.6 Å². The Labute approximate surface area is 46.6 Å². The first-order chi connectivity index (χ1) is 3.34. The number of carbonyl (C=O) groups excluding carboxylic acids is 1. The van der Waals surface area contributed by atoms with Crippen molar-refractivity contribution in [2.45, 2.75) is 6.10 Å². The Balaban J connectivity index is 2.24. The van der Waals surface area contributed by atoms with Crippen molar-refractivity contribution < 1.29 is 9.53 Å². The van der Waals surface area contributed by atoms with E-state index >= 15 is 0 Å². The average Bonchev–Trinajstić information content (AvgIpc) is 2.44. The van der Waals surface area contributed by atoms with Gasteiger partial charge in [-0.1, -0.05) is 12.8 Å². The van der Waals surface area contributed by atoms with E-state index in [0.717, 1.165) is 0 Å². The van der Waals surface area contributed by atoms with Crippen molar-refractivity contribution in [3.05, 3.63) is 0 Å². The summed E-state index contributed by atoms with van der Waals surface area (Å²) in [6.45, 7) is 0.548. The first-order valence-electron chi connectivity index (χ1n) is 1.90. The van der Waals surface area contributed by atoms with Crippen molar-refractivity contribution in [2.75, 3.05) is 6.61 Å². The molecular formula is C3H5NO2S. The molecule has 0 spiro atoms. The van der Waals surface area contributed by atoms with Crippen LogP contribution in [-0.4, -0.2) is 18.6 Å². The van der Waals surface area contributed by atoms with E-state index in [1.165, 1.54) is 0 Å². The second kappa shape index (κ2) is 1.71. The molecule has 0 radical (unpaired) electrons. The smallest absolute Gasteiger partial charge is 0.261 e. The Morgan fingerprint density at radius 3 is 2.71 bits per heavy atom. The molecule has 1 heterocycles. The highest BCUT2D eigenvalue weighted by Gasteiger charge is 2.30. The summed E-state index contributed by atoms with van der Waals surface area (Å²) < 4.78 is 6.76. The molecule has 0 aromatic rings. The minimum atomic E-state index is -0.211. The Kier molecular flexibility index (Phi) is 1.21. The number of carbonyl (C=O) groups is 1. The summed E-state index contributed by atoms with van der Waals surface area (Å²) >= 11 is 3.52. The van der Waals surface area contributed by atoms with E-state index in [0.29, 0.717) is 6.61 Å². The molecule has 1 aliphatic heterocycles. The van der Waals surface area contributed by atoms with Gasteiger partial charge in [0.25, 0.3) is 5.91 Å². The highest BCUT2D eigenvalue weighted by molar-refractivity contribution is 7.78. The number of thiol groups is 1. The van der Waals surface area contributed by atoms with Gasteiger partial charge in [0.1, 0.15) is 0 Å². The minimum absolute atomic E-state index is 0.150. The Morgan fingerprint density at radius 1 is 2.00 bits per heavy atom. The van der Waals surface area contributed by atoms with E-state index in [4.69, 9.17) is 0 Å². The highest BCUT2D eigenvalue weighted by atomic mass is 32.1. The quantitative estimate of drug-likeness (QED) is 0.355. The molecule has 4 heteroatoms. The SMILES string of the molecule is O=C(NS)C1CO1. The van der Waals surface area contributed by atoms with Crippen LogP contribution in [-0.2, 0) is 9.53 Å². The van der Waals surface area contributed by atoms with Gasteiger partial charge in [0.05, 0.1) is 6.61 Å². The summed E-state index contributed by atoms with van der Waals surface area (Å²) in [5.74, 6) is -0.150. The lowest BCUT2D eigenvalue weighted by Crippen LogP contribution is -2.18. The van der Waals surface area contributed by atoms with Gasteiger partial charge in [-0.05, 0) is 0 Å². The number of ether oxygens (including phenoxy) is 1. The molecule has 0 aliphatic carbocycles. The number of nitrogens with one attached hydrogen (secondary N) is 1. The van der Waals surface area contributed by atoms with E-state index in [-0.39, 0.29) is 12.0 Å². The third-order valence-corrected chi connectivity index (χ3v) is 0.956. The molecule has 0 aromatic heterocycles. The van der Waals surface area contributed by atoms with E-state index < -0.39 is 0 Å². The minimum Gasteiger partial charge on any atom is -0.363 e. The van der Waals surface area contributed by atoms with E-state index in [9.17, 15) is 4.79 Å². The summed E-state index contributed by atoms with van der Waals surface area (Å²) in [5.41, 5.74) is 0. The molecule has 3 nitrogen and oxygen atoms in total. The summed E-state index contributed by atoms with van der Waals surface area (Å²) in [6, 6.07) is 0. The van der Waals surface area contributed by atoms with Crippen molar-refractivity contribution in [3.8, 4) is 0 Å². The Morgan fingerprint density at radius 2 is 2.57 bits per heavy atom. The van der Waals surface area contributed by atoms with Gasteiger partial charge in [-0.2, -0.15) is 0 Å². The maximum atomic E-state index is 10.3. The van der Waals surface area contributed by atoms with Gasteiger partial charge in [0.15, 0.2) is 6.10 Å². The fourth-order valence-corrected chi connectivity index (χ4v) is 0.415. The molecule has 1 aliphatic rings.